The number of aliphatic hydroxyl groups is 1. The van der Waals surface area contributed by atoms with Gasteiger partial charge in [0.15, 0.2) is 12.6 Å². The SMILES string of the molecule is OC(CCCCCCCCC#CCCCCCCCCOC1CCCCO1)CCCCCCCCC#CCCCCCCCCOC1CCCCO1. The molecule has 2 heterocycles. The molecular weight excluding hydrogens is 645 g/mol. The Hall–Kier alpha value is -1.08. The molecule has 2 aliphatic rings. The van der Waals surface area contributed by atoms with Crippen LogP contribution in [0, 0.1) is 23.7 Å². The first kappa shape index (κ1) is 47.1. The summed E-state index contributed by atoms with van der Waals surface area (Å²) in [4.78, 5) is 0. The molecule has 2 saturated heterocycles. The molecule has 5 nitrogen and oxygen atoms in total. The lowest BCUT2D eigenvalue weighted by atomic mass is 10.0. The van der Waals surface area contributed by atoms with E-state index in [-0.39, 0.29) is 18.7 Å². The largest absolute Gasteiger partial charge is 0.393 e. The fourth-order valence-electron chi connectivity index (χ4n) is 7.26. The number of aliphatic hydroxyl groups excluding tert-OH is 1. The van der Waals surface area contributed by atoms with Crippen molar-refractivity contribution in [2.75, 3.05) is 26.4 Å². The first-order valence-electron chi connectivity index (χ1n) is 22.9. The van der Waals surface area contributed by atoms with E-state index in [2.05, 4.69) is 23.7 Å². The molecule has 2 unspecified atom stereocenters. The van der Waals surface area contributed by atoms with Gasteiger partial charge in [-0.2, -0.15) is 0 Å². The molecule has 0 saturated carbocycles. The highest BCUT2D eigenvalue weighted by molar-refractivity contribution is 4.99. The average Bonchev–Trinajstić information content (AvgIpc) is 3.17. The van der Waals surface area contributed by atoms with Crippen LogP contribution < -0.4 is 0 Å². The molecule has 0 aromatic heterocycles. The minimum atomic E-state index is -0.0901. The first-order valence-corrected chi connectivity index (χ1v) is 22.9. The zero-order valence-corrected chi connectivity index (χ0v) is 34.1. The quantitative estimate of drug-likeness (QED) is 0.0528. The molecule has 0 bridgehead atoms. The van der Waals surface area contributed by atoms with E-state index in [1.165, 1.54) is 167 Å². The van der Waals surface area contributed by atoms with Gasteiger partial charge in [0.1, 0.15) is 0 Å². The Morgan fingerprint density at radius 2 is 0.712 bits per heavy atom. The van der Waals surface area contributed by atoms with Crippen LogP contribution in [0.4, 0.5) is 0 Å². The molecule has 2 atom stereocenters. The molecule has 0 aliphatic carbocycles. The van der Waals surface area contributed by atoms with Crippen molar-refractivity contribution in [3.63, 3.8) is 0 Å². The Morgan fingerprint density at radius 1 is 0.404 bits per heavy atom. The predicted molar refractivity (Wildman–Crippen MR) is 219 cm³/mol. The van der Waals surface area contributed by atoms with Crippen LogP contribution in [-0.4, -0.2) is 50.2 Å². The molecule has 2 aliphatic heterocycles. The third-order valence-electron chi connectivity index (χ3n) is 10.7. The summed E-state index contributed by atoms with van der Waals surface area (Å²) < 4.78 is 22.9. The molecule has 2 fully saturated rings. The second-order valence-corrected chi connectivity index (χ2v) is 15.8. The van der Waals surface area contributed by atoms with Crippen molar-refractivity contribution in [3.05, 3.63) is 0 Å². The van der Waals surface area contributed by atoms with E-state index in [1.807, 2.05) is 0 Å². The standard InChI is InChI=1S/C47H84O5/c48-45(37-29-25-21-17-13-9-5-1-3-7-11-15-19-23-27-33-41-49-46-39-31-35-43-51-46)38-30-26-22-18-14-10-6-2-4-8-12-16-20-24-28-34-42-50-47-40-32-36-44-52-47/h45-48H,5-44H2. The maximum Gasteiger partial charge on any atom is 0.157 e. The zero-order valence-electron chi connectivity index (χ0n) is 34.1. The molecule has 5 heteroatoms. The Bertz CT molecular complexity index is 786. The summed E-state index contributed by atoms with van der Waals surface area (Å²) in [6.45, 7) is 3.45. The number of rotatable bonds is 34. The molecule has 2 rings (SSSR count). The van der Waals surface area contributed by atoms with Gasteiger partial charge in [0.2, 0.25) is 0 Å². The van der Waals surface area contributed by atoms with Crippen LogP contribution in [-0.2, 0) is 18.9 Å². The van der Waals surface area contributed by atoms with Gasteiger partial charge in [-0.05, 0) is 89.9 Å². The third kappa shape index (κ3) is 32.4. The van der Waals surface area contributed by atoms with Crippen molar-refractivity contribution in [3.8, 4) is 23.7 Å². The Balaban J connectivity index is 1.18. The highest BCUT2D eigenvalue weighted by atomic mass is 16.7. The summed E-state index contributed by atoms with van der Waals surface area (Å²) in [6.07, 6.45) is 43.8. The smallest absolute Gasteiger partial charge is 0.157 e. The van der Waals surface area contributed by atoms with Gasteiger partial charge in [-0.15, -0.1) is 23.7 Å². The van der Waals surface area contributed by atoms with Crippen LogP contribution in [0.15, 0.2) is 0 Å². The van der Waals surface area contributed by atoms with Crippen molar-refractivity contribution < 1.29 is 24.1 Å². The van der Waals surface area contributed by atoms with Crippen molar-refractivity contribution in [1.29, 1.82) is 0 Å². The van der Waals surface area contributed by atoms with E-state index in [4.69, 9.17) is 18.9 Å². The molecule has 0 spiro atoms. The average molecular weight is 729 g/mol. The Kier molecular flexibility index (Phi) is 34.6. The van der Waals surface area contributed by atoms with E-state index in [1.54, 1.807) is 0 Å². The van der Waals surface area contributed by atoms with Crippen molar-refractivity contribution >= 4 is 0 Å². The van der Waals surface area contributed by atoms with Gasteiger partial charge >= 0.3 is 0 Å². The summed E-state index contributed by atoms with van der Waals surface area (Å²) in [6, 6.07) is 0. The van der Waals surface area contributed by atoms with E-state index >= 15 is 0 Å². The van der Waals surface area contributed by atoms with E-state index < -0.39 is 0 Å². The summed E-state index contributed by atoms with van der Waals surface area (Å²) in [5, 5.41) is 10.4. The molecular formula is C47H84O5. The summed E-state index contributed by atoms with van der Waals surface area (Å²) >= 11 is 0. The number of ether oxygens (including phenoxy) is 4. The highest BCUT2D eigenvalue weighted by Crippen LogP contribution is 2.17. The molecule has 52 heavy (non-hydrogen) atoms. The topological polar surface area (TPSA) is 57.2 Å². The van der Waals surface area contributed by atoms with Crippen LogP contribution in [0.2, 0.25) is 0 Å². The second kappa shape index (κ2) is 38.2. The highest BCUT2D eigenvalue weighted by Gasteiger charge is 2.14. The maximum absolute atomic E-state index is 10.4. The van der Waals surface area contributed by atoms with E-state index in [9.17, 15) is 5.11 Å². The van der Waals surface area contributed by atoms with Crippen molar-refractivity contribution in [1.82, 2.24) is 0 Å². The fraction of sp³-hybridized carbons (Fsp3) is 0.915. The van der Waals surface area contributed by atoms with Crippen LogP contribution in [0.1, 0.15) is 231 Å². The van der Waals surface area contributed by atoms with E-state index in [0.29, 0.717) is 0 Å². The fourth-order valence-corrected chi connectivity index (χ4v) is 7.26. The molecule has 1 N–H and O–H groups in total. The monoisotopic (exact) mass is 729 g/mol. The Morgan fingerprint density at radius 3 is 1.04 bits per heavy atom. The third-order valence-corrected chi connectivity index (χ3v) is 10.7. The number of hydrogen-bond acceptors (Lipinski definition) is 5. The van der Waals surface area contributed by atoms with Gasteiger partial charge < -0.3 is 24.1 Å². The van der Waals surface area contributed by atoms with Gasteiger partial charge in [-0.25, -0.2) is 0 Å². The normalized spacial score (nSPS) is 18.0. The van der Waals surface area contributed by atoms with E-state index in [0.717, 1.165) is 90.6 Å². The van der Waals surface area contributed by atoms with Crippen molar-refractivity contribution in [2.45, 2.75) is 250 Å². The maximum atomic E-state index is 10.4. The Labute approximate surface area is 323 Å². The second-order valence-electron chi connectivity index (χ2n) is 15.8. The van der Waals surface area contributed by atoms with Crippen LogP contribution in [0.25, 0.3) is 0 Å². The summed E-state index contributed by atoms with van der Waals surface area (Å²) in [7, 11) is 0. The molecule has 0 radical (unpaired) electrons. The summed E-state index contributed by atoms with van der Waals surface area (Å²) in [5.74, 6) is 13.6. The first-order chi connectivity index (χ1) is 25.8. The van der Waals surface area contributed by atoms with Crippen molar-refractivity contribution in [2.24, 2.45) is 0 Å². The summed E-state index contributed by atoms with van der Waals surface area (Å²) in [5.41, 5.74) is 0. The van der Waals surface area contributed by atoms with Gasteiger partial charge in [-0.3, -0.25) is 0 Å². The van der Waals surface area contributed by atoms with Gasteiger partial charge in [0.05, 0.1) is 6.10 Å². The van der Waals surface area contributed by atoms with Gasteiger partial charge in [0, 0.05) is 52.1 Å². The molecule has 0 aromatic rings. The minimum Gasteiger partial charge on any atom is -0.393 e. The molecule has 302 valence electrons. The zero-order chi connectivity index (χ0) is 36.7. The molecule has 0 aromatic carbocycles. The predicted octanol–water partition coefficient (Wildman–Crippen LogP) is 13.1. The van der Waals surface area contributed by atoms with Gasteiger partial charge in [0.25, 0.3) is 0 Å². The lowest BCUT2D eigenvalue weighted by molar-refractivity contribution is -0.163. The van der Waals surface area contributed by atoms with Crippen LogP contribution in [0.3, 0.4) is 0 Å². The van der Waals surface area contributed by atoms with Crippen LogP contribution >= 0.6 is 0 Å². The number of unbranched alkanes of at least 4 members (excludes halogenated alkanes) is 24. The minimum absolute atomic E-state index is 0.0697. The molecule has 0 amide bonds. The van der Waals surface area contributed by atoms with Crippen LogP contribution in [0.5, 0.6) is 0 Å². The number of hydrogen-bond donors (Lipinski definition) is 1. The van der Waals surface area contributed by atoms with Gasteiger partial charge in [-0.1, -0.05) is 116 Å². The lowest BCUT2D eigenvalue weighted by Gasteiger charge is -2.22. The lowest BCUT2D eigenvalue weighted by Crippen LogP contribution is -2.22.